The lowest BCUT2D eigenvalue weighted by atomic mass is 9.84. The standard InChI is InChI=1S/C31H31BrN4O3/c1-17(2)28(35-31(38)39)30(37)36-13-3-4-27(36)29-33-25-12-8-19(16-26(25)34-29)18-7-10-23-20(14-18)5-6-21-15-22(32)9-11-24(21)23/h7-12,14-17,27-28,35H,3-6,13H2,1-2H3,(H,33,34)(H,38,39)/t27-,28?/m0/s1. The van der Waals surface area contributed by atoms with E-state index in [4.69, 9.17) is 4.98 Å². The van der Waals surface area contributed by atoms with Crippen molar-refractivity contribution >= 4 is 39.0 Å². The largest absolute Gasteiger partial charge is 0.465 e. The van der Waals surface area contributed by atoms with E-state index in [1.54, 1.807) is 4.90 Å². The first kappa shape index (κ1) is 25.6. The molecular weight excluding hydrogens is 556 g/mol. The number of hydrogen-bond acceptors (Lipinski definition) is 3. The molecule has 0 bridgehead atoms. The Kier molecular flexibility index (Phi) is 6.67. The van der Waals surface area contributed by atoms with Crippen LogP contribution < -0.4 is 5.32 Å². The van der Waals surface area contributed by atoms with E-state index in [9.17, 15) is 14.7 Å². The minimum absolute atomic E-state index is 0.153. The summed E-state index contributed by atoms with van der Waals surface area (Å²) in [5, 5.41) is 11.6. The molecule has 0 saturated carbocycles. The van der Waals surface area contributed by atoms with Crippen LogP contribution in [0.2, 0.25) is 0 Å². The molecule has 3 aromatic carbocycles. The van der Waals surface area contributed by atoms with E-state index in [2.05, 4.69) is 74.8 Å². The number of H-pyrrole nitrogens is 1. The molecule has 1 fully saturated rings. The number of rotatable bonds is 5. The topological polar surface area (TPSA) is 98.3 Å². The van der Waals surface area contributed by atoms with Crippen molar-refractivity contribution in [3.8, 4) is 22.3 Å². The van der Waals surface area contributed by atoms with Gasteiger partial charge in [0.15, 0.2) is 0 Å². The normalized spacial score (nSPS) is 17.2. The smallest absolute Gasteiger partial charge is 0.405 e. The summed E-state index contributed by atoms with van der Waals surface area (Å²) in [4.78, 5) is 34.7. The average molecular weight is 588 g/mol. The number of nitrogens with one attached hydrogen (secondary N) is 2. The van der Waals surface area contributed by atoms with Crippen LogP contribution in [0.25, 0.3) is 33.3 Å². The van der Waals surface area contributed by atoms with E-state index < -0.39 is 12.1 Å². The zero-order valence-electron chi connectivity index (χ0n) is 22.0. The predicted octanol–water partition coefficient (Wildman–Crippen LogP) is 6.71. The van der Waals surface area contributed by atoms with Gasteiger partial charge in [0.25, 0.3) is 0 Å². The lowest BCUT2D eigenvalue weighted by Gasteiger charge is -2.29. The number of hydrogen-bond donors (Lipinski definition) is 3. The zero-order chi connectivity index (χ0) is 27.3. The Bertz CT molecular complexity index is 1590. The van der Waals surface area contributed by atoms with Gasteiger partial charge in [-0.2, -0.15) is 0 Å². The second-order valence-corrected chi connectivity index (χ2v) is 11.8. The predicted molar refractivity (Wildman–Crippen MR) is 156 cm³/mol. The van der Waals surface area contributed by atoms with Crippen molar-refractivity contribution < 1.29 is 14.7 Å². The number of carbonyl (C=O) groups is 2. The Morgan fingerprint density at radius 1 is 1.03 bits per heavy atom. The average Bonchev–Trinajstić information content (AvgIpc) is 3.57. The van der Waals surface area contributed by atoms with Crippen molar-refractivity contribution in [2.75, 3.05) is 6.54 Å². The van der Waals surface area contributed by atoms with Gasteiger partial charge in [0, 0.05) is 11.0 Å². The van der Waals surface area contributed by atoms with E-state index in [1.807, 2.05) is 19.9 Å². The second kappa shape index (κ2) is 10.2. The Hall–Kier alpha value is -3.65. The van der Waals surface area contributed by atoms with Gasteiger partial charge < -0.3 is 20.3 Å². The third kappa shape index (κ3) is 4.82. The summed E-state index contributed by atoms with van der Waals surface area (Å²) in [5.74, 6) is 0.401. The maximum atomic E-state index is 13.3. The first-order valence-electron chi connectivity index (χ1n) is 13.5. The monoisotopic (exact) mass is 586 g/mol. The van der Waals surface area contributed by atoms with Crippen molar-refractivity contribution in [3.05, 3.63) is 76.0 Å². The SMILES string of the molecule is CC(C)C(NC(=O)O)C(=O)N1CCC[C@H]1c1nc2ccc(-c3ccc4c(c3)CCc3cc(Br)ccc3-4)cc2[nH]1. The van der Waals surface area contributed by atoms with Crippen LogP contribution in [0.3, 0.4) is 0 Å². The molecule has 8 heteroatoms. The number of carboxylic acid groups (broad SMARTS) is 1. The van der Waals surface area contributed by atoms with Crippen molar-refractivity contribution in [3.63, 3.8) is 0 Å². The van der Waals surface area contributed by atoms with Crippen LogP contribution in [-0.2, 0) is 17.6 Å². The number of amides is 2. The second-order valence-electron chi connectivity index (χ2n) is 10.9. The molecule has 39 heavy (non-hydrogen) atoms. The fourth-order valence-corrected chi connectivity index (χ4v) is 6.46. The molecular formula is C31H31BrN4O3. The summed E-state index contributed by atoms with van der Waals surface area (Å²) >= 11 is 3.59. The molecule has 0 radical (unpaired) electrons. The highest BCUT2D eigenvalue weighted by molar-refractivity contribution is 9.10. The Balaban J connectivity index is 1.28. The molecule has 4 aromatic rings. The van der Waals surface area contributed by atoms with Crippen LogP contribution in [0.15, 0.2) is 59.1 Å². The fraction of sp³-hybridized carbons (Fsp3) is 0.323. The number of likely N-dealkylation sites (tertiary alicyclic amines) is 1. The van der Waals surface area contributed by atoms with Gasteiger partial charge in [-0.25, -0.2) is 9.78 Å². The van der Waals surface area contributed by atoms with Crippen LogP contribution in [0.1, 0.15) is 49.7 Å². The molecule has 7 nitrogen and oxygen atoms in total. The minimum atomic E-state index is -1.19. The molecule has 1 aliphatic carbocycles. The minimum Gasteiger partial charge on any atom is -0.465 e. The van der Waals surface area contributed by atoms with E-state index in [0.29, 0.717) is 6.54 Å². The summed E-state index contributed by atoms with van der Waals surface area (Å²) in [6.45, 7) is 4.29. The molecule has 2 aliphatic rings. The van der Waals surface area contributed by atoms with Gasteiger partial charge in [0.1, 0.15) is 11.9 Å². The van der Waals surface area contributed by atoms with Gasteiger partial charge >= 0.3 is 6.09 Å². The number of imidazole rings is 1. The van der Waals surface area contributed by atoms with Crippen molar-refractivity contribution in [1.82, 2.24) is 20.2 Å². The zero-order valence-corrected chi connectivity index (χ0v) is 23.6. The summed E-state index contributed by atoms with van der Waals surface area (Å²) in [7, 11) is 0. The molecule has 2 atom stereocenters. The first-order valence-corrected chi connectivity index (χ1v) is 14.3. The highest BCUT2D eigenvalue weighted by Gasteiger charge is 2.37. The third-order valence-electron chi connectivity index (χ3n) is 8.02. The number of aromatic nitrogens is 2. The molecule has 3 N–H and O–H groups in total. The highest BCUT2D eigenvalue weighted by atomic mass is 79.9. The molecule has 200 valence electrons. The summed E-state index contributed by atoms with van der Waals surface area (Å²) in [6, 6.07) is 18.5. The van der Waals surface area contributed by atoms with E-state index in [1.165, 1.54) is 27.8 Å². The molecule has 2 heterocycles. The number of benzene rings is 3. The van der Waals surface area contributed by atoms with Crippen molar-refractivity contribution in [2.45, 2.75) is 51.6 Å². The van der Waals surface area contributed by atoms with E-state index in [0.717, 1.165) is 52.6 Å². The molecule has 1 saturated heterocycles. The van der Waals surface area contributed by atoms with Gasteiger partial charge in [-0.05, 0) is 89.2 Å². The fourth-order valence-electron chi connectivity index (χ4n) is 6.05. The molecule has 1 unspecified atom stereocenters. The van der Waals surface area contributed by atoms with Gasteiger partial charge in [-0.15, -0.1) is 0 Å². The Labute approximate surface area is 235 Å². The first-order chi connectivity index (χ1) is 18.8. The number of halogens is 1. The molecule has 2 amide bonds. The Morgan fingerprint density at radius 2 is 1.72 bits per heavy atom. The van der Waals surface area contributed by atoms with Crippen molar-refractivity contribution in [2.24, 2.45) is 5.92 Å². The van der Waals surface area contributed by atoms with Gasteiger partial charge in [0.05, 0.1) is 17.1 Å². The van der Waals surface area contributed by atoms with Gasteiger partial charge in [-0.1, -0.05) is 60.1 Å². The molecule has 6 rings (SSSR count). The number of fused-ring (bicyclic) bond motifs is 4. The van der Waals surface area contributed by atoms with Gasteiger partial charge in [-0.3, -0.25) is 4.79 Å². The maximum Gasteiger partial charge on any atom is 0.405 e. The Morgan fingerprint density at radius 3 is 2.46 bits per heavy atom. The lowest BCUT2D eigenvalue weighted by Crippen LogP contribution is -2.50. The van der Waals surface area contributed by atoms with E-state index in [-0.39, 0.29) is 17.9 Å². The van der Waals surface area contributed by atoms with Crippen molar-refractivity contribution in [1.29, 1.82) is 0 Å². The summed E-state index contributed by atoms with van der Waals surface area (Å²) in [6.07, 6.45) is 2.51. The maximum absolute atomic E-state index is 13.3. The molecule has 1 aliphatic heterocycles. The lowest BCUT2D eigenvalue weighted by molar-refractivity contribution is -0.135. The summed E-state index contributed by atoms with van der Waals surface area (Å²) < 4.78 is 1.12. The quantitative estimate of drug-likeness (QED) is 0.242. The number of aromatic amines is 1. The van der Waals surface area contributed by atoms with Crippen LogP contribution in [-0.4, -0.2) is 44.6 Å². The third-order valence-corrected chi connectivity index (χ3v) is 8.52. The number of aryl methyl sites for hydroxylation is 2. The van der Waals surface area contributed by atoms with Crippen LogP contribution in [0, 0.1) is 5.92 Å². The van der Waals surface area contributed by atoms with Crippen LogP contribution >= 0.6 is 15.9 Å². The van der Waals surface area contributed by atoms with Gasteiger partial charge in [0.2, 0.25) is 5.91 Å². The number of carbonyl (C=O) groups excluding carboxylic acids is 1. The molecule has 0 spiro atoms. The van der Waals surface area contributed by atoms with Crippen LogP contribution in [0.4, 0.5) is 4.79 Å². The van der Waals surface area contributed by atoms with E-state index >= 15 is 0 Å². The van der Waals surface area contributed by atoms with Crippen LogP contribution in [0.5, 0.6) is 0 Å². The summed E-state index contributed by atoms with van der Waals surface area (Å²) in [5.41, 5.74) is 9.44. The number of nitrogens with zero attached hydrogens (tertiary/aromatic N) is 2. The highest BCUT2D eigenvalue weighted by Crippen LogP contribution is 2.38. The molecule has 1 aromatic heterocycles.